The Hall–Kier alpha value is -0.300. The van der Waals surface area contributed by atoms with Crippen LogP contribution in [-0.4, -0.2) is 0 Å². The van der Waals surface area contributed by atoms with Crippen LogP contribution in [0.15, 0.2) is 18.2 Å². The standard InChI is InChI=1S/C11H15Br/c1-4-11(12)10-6-5-8(2)7-9(10)3/h5-7,11H,4H2,1-3H3. The van der Waals surface area contributed by atoms with E-state index in [1.54, 1.807) is 0 Å². The van der Waals surface area contributed by atoms with E-state index >= 15 is 0 Å². The van der Waals surface area contributed by atoms with Crippen molar-refractivity contribution in [3.05, 3.63) is 34.9 Å². The highest BCUT2D eigenvalue weighted by Gasteiger charge is 2.06. The molecule has 0 fully saturated rings. The summed E-state index contributed by atoms with van der Waals surface area (Å²) in [4.78, 5) is 0.512. The molecule has 0 aliphatic heterocycles. The van der Waals surface area contributed by atoms with E-state index in [0.29, 0.717) is 4.83 Å². The van der Waals surface area contributed by atoms with Crippen LogP contribution in [0.3, 0.4) is 0 Å². The Labute approximate surface area is 83.1 Å². The average Bonchev–Trinajstić information content (AvgIpc) is 2.03. The third-order valence-electron chi connectivity index (χ3n) is 2.12. The number of halogens is 1. The maximum absolute atomic E-state index is 3.66. The van der Waals surface area contributed by atoms with Gasteiger partial charge in [-0.05, 0) is 31.4 Å². The summed E-state index contributed by atoms with van der Waals surface area (Å²) in [5.74, 6) is 0. The molecule has 0 heterocycles. The van der Waals surface area contributed by atoms with E-state index in [9.17, 15) is 0 Å². The van der Waals surface area contributed by atoms with Gasteiger partial charge in [0.05, 0.1) is 0 Å². The van der Waals surface area contributed by atoms with Crippen LogP contribution in [0, 0.1) is 13.8 Å². The molecule has 12 heavy (non-hydrogen) atoms. The zero-order chi connectivity index (χ0) is 9.14. The molecular formula is C11H15Br. The zero-order valence-electron chi connectivity index (χ0n) is 7.89. The Balaban J connectivity index is 3.01. The minimum Gasteiger partial charge on any atom is -0.0839 e. The van der Waals surface area contributed by atoms with E-state index in [1.165, 1.54) is 16.7 Å². The lowest BCUT2D eigenvalue weighted by atomic mass is 10.0. The minimum atomic E-state index is 0.512. The van der Waals surface area contributed by atoms with Crippen molar-refractivity contribution in [2.75, 3.05) is 0 Å². The maximum atomic E-state index is 3.66. The van der Waals surface area contributed by atoms with Gasteiger partial charge in [0.1, 0.15) is 0 Å². The topological polar surface area (TPSA) is 0 Å². The molecule has 0 aliphatic rings. The molecule has 0 aliphatic carbocycles. The van der Waals surface area contributed by atoms with E-state index in [1.807, 2.05) is 0 Å². The number of hydrogen-bond acceptors (Lipinski definition) is 0. The van der Waals surface area contributed by atoms with E-state index in [2.05, 4.69) is 54.9 Å². The molecule has 0 amide bonds. The highest BCUT2D eigenvalue weighted by molar-refractivity contribution is 9.09. The molecule has 1 aromatic rings. The molecule has 0 N–H and O–H groups in total. The largest absolute Gasteiger partial charge is 0.0839 e. The first-order chi connectivity index (χ1) is 5.65. The summed E-state index contributed by atoms with van der Waals surface area (Å²) >= 11 is 3.66. The van der Waals surface area contributed by atoms with Gasteiger partial charge in [0, 0.05) is 4.83 Å². The molecule has 0 saturated carbocycles. The molecule has 1 rings (SSSR count). The summed E-state index contributed by atoms with van der Waals surface area (Å²) in [5, 5.41) is 0. The molecule has 0 radical (unpaired) electrons. The van der Waals surface area contributed by atoms with Gasteiger partial charge in [0.2, 0.25) is 0 Å². The van der Waals surface area contributed by atoms with E-state index in [0.717, 1.165) is 6.42 Å². The average molecular weight is 227 g/mol. The second kappa shape index (κ2) is 4.08. The summed E-state index contributed by atoms with van der Waals surface area (Å²) < 4.78 is 0. The Morgan fingerprint density at radius 3 is 2.50 bits per heavy atom. The summed E-state index contributed by atoms with van der Waals surface area (Å²) in [5.41, 5.74) is 4.15. The van der Waals surface area contributed by atoms with Crippen LogP contribution in [-0.2, 0) is 0 Å². The third-order valence-corrected chi connectivity index (χ3v) is 3.26. The third kappa shape index (κ3) is 2.10. The quantitative estimate of drug-likeness (QED) is 0.666. The minimum absolute atomic E-state index is 0.512. The summed E-state index contributed by atoms with van der Waals surface area (Å²) in [7, 11) is 0. The molecule has 1 unspecified atom stereocenters. The summed E-state index contributed by atoms with van der Waals surface area (Å²) in [6, 6.07) is 6.62. The van der Waals surface area contributed by atoms with Crippen LogP contribution < -0.4 is 0 Å². The van der Waals surface area contributed by atoms with Crippen molar-refractivity contribution in [2.24, 2.45) is 0 Å². The molecule has 0 saturated heterocycles. The van der Waals surface area contributed by atoms with Crippen molar-refractivity contribution in [1.29, 1.82) is 0 Å². The Morgan fingerprint density at radius 2 is 2.00 bits per heavy atom. The Morgan fingerprint density at radius 1 is 1.33 bits per heavy atom. The lowest BCUT2D eigenvalue weighted by Gasteiger charge is -2.11. The molecule has 0 bridgehead atoms. The molecule has 1 heteroatoms. The maximum Gasteiger partial charge on any atom is 0.0395 e. The second-order valence-electron chi connectivity index (χ2n) is 3.24. The first-order valence-electron chi connectivity index (χ1n) is 4.36. The lowest BCUT2D eigenvalue weighted by Crippen LogP contribution is -1.92. The van der Waals surface area contributed by atoms with Crippen molar-refractivity contribution in [3.8, 4) is 0 Å². The van der Waals surface area contributed by atoms with E-state index < -0.39 is 0 Å². The Bertz CT molecular complexity index is 266. The summed E-state index contributed by atoms with van der Waals surface area (Å²) in [6.07, 6.45) is 1.14. The molecular weight excluding hydrogens is 212 g/mol. The van der Waals surface area contributed by atoms with Crippen molar-refractivity contribution < 1.29 is 0 Å². The van der Waals surface area contributed by atoms with Crippen LogP contribution in [0.25, 0.3) is 0 Å². The monoisotopic (exact) mass is 226 g/mol. The normalized spacial score (nSPS) is 13.0. The van der Waals surface area contributed by atoms with Crippen LogP contribution in [0.4, 0.5) is 0 Å². The van der Waals surface area contributed by atoms with Gasteiger partial charge in [-0.1, -0.05) is 46.6 Å². The van der Waals surface area contributed by atoms with E-state index in [-0.39, 0.29) is 0 Å². The first kappa shape index (κ1) is 9.79. The molecule has 0 nitrogen and oxygen atoms in total. The highest BCUT2D eigenvalue weighted by Crippen LogP contribution is 2.28. The van der Waals surface area contributed by atoms with Gasteiger partial charge in [-0.25, -0.2) is 0 Å². The zero-order valence-corrected chi connectivity index (χ0v) is 9.48. The first-order valence-corrected chi connectivity index (χ1v) is 5.28. The van der Waals surface area contributed by atoms with E-state index in [4.69, 9.17) is 0 Å². The van der Waals surface area contributed by atoms with Crippen molar-refractivity contribution in [1.82, 2.24) is 0 Å². The van der Waals surface area contributed by atoms with Gasteiger partial charge < -0.3 is 0 Å². The van der Waals surface area contributed by atoms with Crippen molar-refractivity contribution in [3.63, 3.8) is 0 Å². The second-order valence-corrected chi connectivity index (χ2v) is 4.34. The smallest absolute Gasteiger partial charge is 0.0395 e. The number of alkyl halides is 1. The lowest BCUT2D eigenvalue weighted by molar-refractivity contribution is 0.901. The summed E-state index contributed by atoms with van der Waals surface area (Å²) in [6.45, 7) is 6.50. The number of aryl methyl sites for hydroxylation is 2. The van der Waals surface area contributed by atoms with Gasteiger partial charge >= 0.3 is 0 Å². The molecule has 66 valence electrons. The van der Waals surface area contributed by atoms with Crippen LogP contribution in [0.2, 0.25) is 0 Å². The van der Waals surface area contributed by atoms with Gasteiger partial charge in [-0.3, -0.25) is 0 Å². The van der Waals surface area contributed by atoms with Gasteiger partial charge in [-0.2, -0.15) is 0 Å². The SMILES string of the molecule is CCC(Br)c1ccc(C)cc1C. The van der Waals surface area contributed by atoms with Crippen molar-refractivity contribution >= 4 is 15.9 Å². The molecule has 0 aromatic heterocycles. The fourth-order valence-electron chi connectivity index (χ4n) is 1.40. The van der Waals surface area contributed by atoms with Crippen LogP contribution in [0.1, 0.15) is 34.9 Å². The molecule has 0 spiro atoms. The fourth-order valence-corrected chi connectivity index (χ4v) is 1.91. The molecule has 1 aromatic carbocycles. The van der Waals surface area contributed by atoms with Gasteiger partial charge in [-0.15, -0.1) is 0 Å². The Kier molecular flexibility index (Phi) is 3.33. The number of rotatable bonds is 2. The van der Waals surface area contributed by atoms with Crippen molar-refractivity contribution in [2.45, 2.75) is 32.0 Å². The van der Waals surface area contributed by atoms with Gasteiger partial charge in [0.25, 0.3) is 0 Å². The molecule has 1 atom stereocenters. The van der Waals surface area contributed by atoms with Crippen LogP contribution in [0.5, 0.6) is 0 Å². The number of benzene rings is 1. The van der Waals surface area contributed by atoms with Crippen LogP contribution >= 0.6 is 15.9 Å². The predicted octanol–water partition coefficient (Wildman–Crippen LogP) is 4.15. The number of hydrogen-bond donors (Lipinski definition) is 0. The highest BCUT2D eigenvalue weighted by atomic mass is 79.9. The fraction of sp³-hybridized carbons (Fsp3) is 0.455. The predicted molar refractivity (Wildman–Crippen MR) is 57.9 cm³/mol. The van der Waals surface area contributed by atoms with Gasteiger partial charge in [0.15, 0.2) is 0 Å².